The monoisotopic (exact) mass is 513 g/mol. The lowest BCUT2D eigenvalue weighted by Gasteiger charge is -2.35. The second-order valence-electron chi connectivity index (χ2n) is 11.1. The standard InChI is InChI=1S/C29H47N5O3/c1-21(2)34-13-11-23(12-14-34)30-29-24-19-26(35-5)27(37-18-17-36-16-15-33(3)4)20-25(24)31-28(32-29)22-9-7-6-8-10-22/h19-23H,6-18H2,1-5H3,(H,30,31,32). The molecule has 206 valence electrons. The summed E-state index contributed by atoms with van der Waals surface area (Å²) >= 11 is 0. The van der Waals surface area contributed by atoms with Gasteiger partial charge in [-0.25, -0.2) is 9.97 Å². The van der Waals surface area contributed by atoms with Gasteiger partial charge in [-0.05, 0) is 59.7 Å². The zero-order valence-corrected chi connectivity index (χ0v) is 23.6. The van der Waals surface area contributed by atoms with E-state index in [1.165, 1.54) is 32.1 Å². The number of nitrogens with zero attached hydrogens (tertiary/aromatic N) is 4. The molecule has 1 saturated carbocycles. The minimum Gasteiger partial charge on any atom is -0.493 e. The second-order valence-corrected chi connectivity index (χ2v) is 11.1. The van der Waals surface area contributed by atoms with Gasteiger partial charge in [0, 0.05) is 49.1 Å². The summed E-state index contributed by atoms with van der Waals surface area (Å²) in [6.07, 6.45) is 8.40. The predicted molar refractivity (Wildman–Crippen MR) is 150 cm³/mol. The highest BCUT2D eigenvalue weighted by Crippen LogP contribution is 2.38. The molecule has 4 rings (SSSR count). The fourth-order valence-electron chi connectivity index (χ4n) is 5.39. The van der Waals surface area contributed by atoms with Crippen LogP contribution in [0.5, 0.6) is 11.5 Å². The van der Waals surface area contributed by atoms with E-state index in [1.54, 1.807) is 7.11 Å². The van der Waals surface area contributed by atoms with Gasteiger partial charge in [-0.2, -0.15) is 0 Å². The molecule has 0 radical (unpaired) electrons. The average Bonchev–Trinajstić information content (AvgIpc) is 2.90. The molecule has 1 aliphatic heterocycles. The van der Waals surface area contributed by atoms with Crippen LogP contribution in [0.4, 0.5) is 5.82 Å². The predicted octanol–water partition coefficient (Wildman–Crippen LogP) is 4.93. The van der Waals surface area contributed by atoms with Crippen LogP contribution in [-0.2, 0) is 4.74 Å². The molecule has 2 aliphatic rings. The van der Waals surface area contributed by atoms with Crippen molar-refractivity contribution in [2.45, 2.75) is 76.8 Å². The molecule has 1 saturated heterocycles. The third-order valence-corrected chi connectivity index (χ3v) is 7.74. The molecule has 37 heavy (non-hydrogen) atoms. The number of rotatable bonds is 12. The van der Waals surface area contributed by atoms with Crippen molar-refractivity contribution in [1.29, 1.82) is 0 Å². The number of piperidine rings is 1. The number of likely N-dealkylation sites (tertiary alicyclic amines) is 1. The van der Waals surface area contributed by atoms with Gasteiger partial charge in [0.15, 0.2) is 11.5 Å². The summed E-state index contributed by atoms with van der Waals surface area (Å²) in [6.45, 7) is 9.38. The Bertz CT molecular complexity index is 985. The van der Waals surface area contributed by atoms with Crippen molar-refractivity contribution in [2.24, 2.45) is 0 Å². The van der Waals surface area contributed by atoms with Gasteiger partial charge >= 0.3 is 0 Å². The largest absolute Gasteiger partial charge is 0.493 e. The molecule has 8 heteroatoms. The first-order chi connectivity index (χ1) is 17.9. The van der Waals surface area contributed by atoms with Crippen molar-refractivity contribution in [3.05, 3.63) is 18.0 Å². The van der Waals surface area contributed by atoms with Crippen molar-refractivity contribution < 1.29 is 14.2 Å². The van der Waals surface area contributed by atoms with E-state index in [0.29, 0.717) is 49.3 Å². The molecule has 2 fully saturated rings. The summed E-state index contributed by atoms with van der Waals surface area (Å²) in [4.78, 5) is 14.9. The molecule has 1 aromatic heterocycles. The Morgan fingerprint density at radius 2 is 1.73 bits per heavy atom. The van der Waals surface area contributed by atoms with Crippen LogP contribution in [0.15, 0.2) is 12.1 Å². The number of hydrogen-bond acceptors (Lipinski definition) is 8. The maximum Gasteiger partial charge on any atom is 0.163 e. The Labute approximate surface area is 223 Å². The molecule has 0 unspecified atom stereocenters. The van der Waals surface area contributed by atoms with Crippen LogP contribution in [0.2, 0.25) is 0 Å². The number of anilines is 1. The fourth-order valence-corrected chi connectivity index (χ4v) is 5.39. The second kappa shape index (κ2) is 13.6. The van der Waals surface area contributed by atoms with Crippen LogP contribution < -0.4 is 14.8 Å². The quantitative estimate of drug-likeness (QED) is 0.401. The van der Waals surface area contributed by atoms with Gasteiger partial charge in [0.1, 0.15) is 18.2 Å². The molecule has 2 heterocycles. The Kier molecular flexibility index (Phi) is 10.2. The smallest absolute Gasteiger partial charge is 0.163 e. The molecule has 1 aliphatic carbocycles. The highest BCUT2D eigenvalue weighted by molar-refractivity contribution is 5.92. The minimum atomic E-state index is 0.411. The first-order valence-electron chi connectivity index (χ1n) is 14.2. The van der Waals surface area contributed by atoms with Gasteiger partial charge in [0.2, 0.25) is 0 Å². The lowest BCUT2D eigenvalue weighted by molar-refractivity contribution is 0.0881. The van der Waals surface area contributed by atoms with Crippen LogP contribution in [0.25, 0.3) is 10.9 Å². The van der Waals surface area contributed by atoms with Crippen LogP contribution >= 0.6 is 0 Å². The lowest BCUT2D eigenvalue weighted by atomic mass is 9.88. The van der Waals surface area contributed by atoms with Crippen molar-refractivity contribution in [3.8, 4) is 11.5 Å². The summed E-state index contributed by atoms with van der Waals surface area (Å²) < 4.78 is 17.5. The van der Waals surface area contributed by atoms with E-state index < -0.39 is 0 Å². The van der Waals surface area contributed by atoms with Crippen molar-refractivity contribution in [1.82, 2.24) is 19.8 Å². The highest BCUT2D eigenvalue weighted by Gasteiger charge is 2.25. The number of ether oxygens (including phenoxy) is 3. The van der Waals surface area contributed by atoms with E-state index in [2.05, 4.69) is 29.0 Å². The Morgan fingerprint density at radius 1 is 0.973 bits per heavy atom. The summed E-state index contributed by atoms with van der Waals surface area (Å²) in [6, 6.07) is 5.07. The van der Waals surface area contributed by atoms with E-state index in [-0.39, 0.29) is 0 Å². The third kappa shape index (κ3) is 7.68. The number of benzene rings is 1. The molecule has 2 aromatic rings. The zero-order valence-electron chi connectivity index (χ0n) is 23.6. The van der Waals surface area contributed by atoms with Gasteiger partial charge < -0.3 is 29.3 Å². The maximum atomic E-state index is 6.10. The lowest BCUT2D eigenvalue weighted by Crippen LogP contribution is -2.42. The third-order valence-electron chi connectivity index (χ3n) is 7.74. The van der Waals surface area contributed by atoms with Gasteiger partial charge in [-0.15, -0.1) is 0 Å². The number of fused-ring (bicyclic) bond motifs is 1. The maximum absolute atomic E-state index is 6.10. The number of likely N-dealkylation sites (N-methyl/N-ethyl adjacent to an activating group) is 1. The van der Waals surface area contributed by atoms with Crippen molar-refractivity contribution >= 4 is 16.7 Å². The van der Waals surface area contributed by atoms with E-state index >= 15 is 0 Å². The molecule has 0 bridgehead atoms. The van der Waals surface area contributed by atoms with Gasteiger partial charge in [0.05, 0.1) is 25.8 Å². The van der Waals surface area contributed by atoms with E-state index in [9.17, 15) is 0 Å². The number of hydrogen-bond donors (Lipinski definition) is 1. The van der Waals surface area contributed by atoms with Gasteiger partial charge in [0.25, 0.3) is 0 Å². The average molecular weight is 514 g/mol. The molecule has 0 atom stereocenters. The fraction of sp³-hybridized carbons (Fsp3) is 0.724. The van der Waals surface area contributed by atoms with Crippen LogP contribution in [0.1, 0.15) is 70.5 Å². The summed E-state index contributed by atoms with van der Waals surface area (Å²) in [7, 11) is 5.77. The first-order valence-corrected chi connectivity index (χ1v) is 14.2. The zero-order chi connectivity index (χ0) is 26.2. The SMILES string of the molecule is COc1cc2c(NC3CCN(C(C)C)CC3)nc(C3CCCCC3)nc2cc1OCCOCCN(C)C. The van der Waals surface area contributed by atoms with Crippen LogP contribution in [0.3, 0.4) is 0 Å². The molecule has 0 spiro atoms. The number of methoxy groups -OCH3 is 1. The Hall–Kier alpha value is -2.16. The van der Waals surface area contributed by atoms with E-state index in [4.69, 9.17) is 24.2 Å². The summed E-state index contributed by atoms with van der Waals surface area (Å²) in [5.74, 6) is 3.74. The molecule has 0 amide bonds. The molecule has 1 N–H and O–H groups in total. The van der Waals surface area contributed by atoms with E-state index in [1.807, 2.05) is 26.2 Å². The topological polar surface area (TPSA) is 72.0 Å². The number of aromatic nitrogens is 2. The molecular weight excluding hydrogens is 466 g/mol. The first kappa shape index (κ1) is 27.9. The molecule has 1 aromatic carbocycles. The minimum absolute atomic E-state index is 0.411. The number of nitrogens with one attached hydrogen (secondary N) is 1. The Balaban J connectivity index is 1.55. The van der Waals surface area contributed by atoms with Crippen LogP contribution in [0, 0.1) is 0 Å². The van der Waals surface area contributed by atoms with Gasteiger partial charge in [-0.3, -0.25) is 0 Å². The summed E-state index contributed by atoms with van der Waals surface area (Å²) in [5.41, 5.74) is 0.919. The van der Waals surface area contributed by atoms with Gasteiger partial charge in [-0.1, -0.05) is 19.3 Å². The molecular formula is C29H47N5O3. The molecule has 8 nitrogen and oxygen atoms in total. The highest BCUT2D eigenvalue weighted by atomic mass is 16.5. The Morgan fingerprint density at radius 3 is 2.41 bits per heavy atom. The van der Waals surface area contributed by atoms with E-state index in [0.717, 1.165) is 55.0 Å². The van der Waals surface area contributed by atoms with Crippen molar-refractivity contribution in [3.63, 3.8) is 0 Å². The van der Waals surface area contributed by atoms with Crippen molar-refractivity contribution in [2.75, 3.05) is 66.0 Å². The normalized spacial score (nSPS) is 18.1. The summed E-state index contributed by atoms with van der Waals surface area (Å²) in [5, 5.41) is 4.81. The van der Waals surface area contributed by atoms with Crippen LogP contribution in [-0.4, -0.2) is 92.5 Å².